The minimum atomic E-state index is 0.412. The Morgan fingerprint density at radius 2 is 1.87 bits per heavy atom. The van der Waals surface area contributed by atoms with Crippen LogP contribution in [0.15, 0.2) is 42.6 Å². The summed E-state index contributed by atoms with van der Waals surface area (Å²) < 4.78 is 8.62. The Hall–Kier alpha value is -3.36. The summed E-state index contributed by atoms with van der Waals surface area (Å²) in [5.41, 5.74) is 4.65. The van der Waals surface area contributed by atoms with Crippen molar-refractivity contribution in [1.29, 1.82) is 0 Å². The van der Waals surface area contributed by atoms with Gasteiger partial charge in [-0.15, -0.1) is 0 Å². The van der Waals surface area contributed by atoms with E-state index in [2.05, 4.69) is 62.5 Å². The molecule has 0 unspecified atom stereocenters. The summed E-state index contributed by atoms with van der Waals surface area (Å²) in [5.74, 6) is 2.08. The van der Waals surface area contributed by atoms with Gasteiger partial charge >= 0.3 is 6.01 Å². The number of hydrogen-bond acceptors (Lipinski definition) is 7. The smallest absolute Gasteiger partial charge is 0.318 e. The molecule has 3 aliphatic heterocycles. The number of nitrogens with zero attached hydrogens (tertiary/aromatic N) is 7. The van der Waals surface area contributed by atoms with E-state index in [1.807, 2.05) is 18.3 Å². The number of imidazole rings is 1. The molecular formula is C30H34ClN7O. The summed E-state index contributed by atoms with van der Waals surface area (Å²) in [7, 11) is 2.17. The summed E-state index contributed by atoms with van der Waals surface area (Å²) in [4.78, 5) is 21.8. The van der Waals surface area contributed by atoms with Crippen LogP contribution in [0, 0.1) is 6.92 Å². The fourth-order valence-corrected chi connectivity index (χ4v) is 6.72. The van der Waals surface area contributed by atoms with Crippen LogP contribution in [0.5, 0.6) is 6.01 Å². The number of anilines is 2. The van der Waals surface area contributed by atoms with Crippen molar-refractivity contribution >= 4 is 33.9 Å². The Labute approximate surface area is 234 Å². The first-order valence-corrected chi connectivity index (χ1v) is 14.3. The lowest BCUT2D eigenvalue weighted by Gasteiger charge is -2.36. The highest BCUT2D eigenvalue weighted by molar-refractivity contribution is 6.36. The molecule has 0 radical (unpaired) electrons. The van der Waals surface area contributed by atoms with Gasteiger partial charge in [0.25, 0.3) is 0 Å². The van der Waals surface area contributed by atoms with Gasteiger partial charge < -0.3 is 24.0 Å². The van der Waals surface area contributed by atoms with Crippen molar-refractivity contribution in [2.75, 3.05) is 43.1 Å². The molecule has 1 atom stereocenters. The topological polar surface area (TPSA) is 62.6 Å². The number of likely N-dealkylation sites (N-methyl/N-ethyl adjacent to an activating group) is 1. The molecule has 1 fully saturated rings. The molecule has 0 amide bonds. The lowest BCUT2D eigenvalue weighted by atomic mass is 10.0. The molecule has 0 bridgehead atoms. The zero-order valence-electron chi connectivity index (χ0n) is 22.6. The molecule has 0 N–H and O–H groups in total. The van der Waals surface area contributed by atoms with Crippen LogP contribution in [0.2, 0.25) is 5.02 Å². The molecule has 0 spiro atoms. The third-order valence-electron chi connectivity index (χ3n) is 8.66. The van der Waals surface area contributed by atoms with Gasteiger partial charge in [-0.3, -0.25) is 0 Å². The second kappa shape index (κ2) is 9.99. The highest BCUT2D eigenvalue weighted by Crippen LogP contribution is 2.37. The molecular weight excluding hydrogens is 510 g/mol. The van der Waals surface area contributed by atoms with E-state index in [0.29, 0.717) is 25.2 Å². The zero-order valence-corrected chi connectivity index (χ0v) is 23.4. The van der Waals surface area contributed by atoms with Crippen molar-refractivity contribution in [3.63, 3.8) is 0 Å². The zero-order chi connectivity index (χ0) is 26.5. The van der Waals surface area contributed by atoms with E-state index in [0.717, 1.165) is 84.4 Å². The van der Waals surface area contributed by atoms with E-state index in [1.54, 1.807) is 0 Å². The molecule has 3 aliphatic rings. The molecule has 0 aliphatic carbocycles. The first-order chi connectivity index (χ1) is 19.0. The SMILES string of the molecule is Cc1ncc2n1CCN(c1nc(OC[C@@H]3CCCN3C)nc3c1CCN(c1cccc4cccc(Cl)c14)C3)C2. The summed E-state index contributed by atoms with van der Waals surface area (Å²) in [6, 6.07) is 13.4. The predicted octanol–water partition coefficient (Wildman–Crippen LogP) is 4.84. The molecule has 8 nitrogen and oxygen atoms in total. The Balaban J connectivity index is 1.24. The summed E-state index contributed by atoms with van der Waals surface area (Å²) in [6.45, 7) is 7.97. The molecule has 2 aromatic heterocycles. The number of halogens is 1. The normalized spacial score (nSPS) is 19.4. The van der Waals surface area contributed by atoms with Crippen molar-refractivity contribution < 1.29 is 4.74 Å². The third-order valence-corrected chi connectivity index (χ3v) is 8.97. The van der Waals surface area contributed by atoms with Gasteiger partial charge in [-0.2, -0.15) is 9.97 Å². The number of hydrogen-bond donors (Lipinski definition) is 0. The van der Waals surface area contributed by atoms with Crippen molar-refractivity contribution in [2.24, 2.45) is 0 Å². The van der Waals surface area contributed by atoms with Crippen molar-refractivity contribution in [1.82, 2.24) is 24.4 Å². The Morgan fingerprint density at radius 3 is 2.72 bits per heavy atom. The fourth-order valence-electron chi connectivity index (χ4n) is 6.44. The standard InChI is InChI=1S/C30H34ClN7O/c1-20-32-16-23-17-37(14-15-38(20)23)29-24-11-13-36(27-10-4-7-21-6-3-9-25(31)28(21)27)18-26(24)33-30(34-29)39-19-22-8-5-12-35(22)2/h3-4,6-7,9-10,16,22H,5,8,11-15,17-19H2,1-2H3/t22-/m0/s1. The lowest BCUT2D eigenvalue weighted by Crippen LogP contribution is -2.38. The molecule has 2 aromatic carbocycles. The van der Waals surface area contributed by atoms with Crippen molar-refractivity contribution in [3.8, 4) is 6.01 Å². The van der Waals surface area contributed by atoms with Crippen LogP contribution in [0.25, 0.3) is 10.8 Å². The number of likely N-dealkylation sites (tertiary alicyclic amines) is 1. The highest BCUT2D eigenvalue weighted by Gasteiger charge is 2.29. The Kier molecular flexibility index (Phi) is 6.32. The van der Waals surface area contributed by atoms with Gasteiger partial charge in [-0.1, -0.05) is 35.9 Å². The van der Waals surface area contributed by atoms with Gasteiger partial charge in [0.05, 0.1) is 35.7 Å². The van der Waals surface area contributed by atoms with Crippen molar-refractivity contribution in [3.05, 3.63) is 70.4 Å². The minimum absolute atomic E-state index is 0.412. The largest absolute Gasteiger partial charge is 0.462 e. The van der Waals surface area contributed by atoms with Crippen LogP contribution in [0.4, 0.5) is 11.5 Å². The van der Waals surface area contributed by atoms with Crippen LogP contribution in [-0.2, 0) is 26.1 Å². The first kappa shape index (κ1) is 24.7. The lowest BCUT2D eigenvalue weighted by molar-refractivity contribution is 0.187. The fraction of sp³-hybridized carbons (Fsp3) is 0.433. The summed E-state index contributed by atoms with van der Waals surface area (Å²) in [5, 5.41) is 3.03. The van der Waals surface area contributed by atoms with Gasteiger partial charge in [-0.25, -0.2) is 4.98 Å². The second-order valence-electron chi connectivity index (χ2n) is 11.0. The minimum Gasteiger partial charge on any atom is -0.462 e. The van der Waals surface area contributed by atoms with Gasteiger partial charge in [0, 0.05) is 42.3 Å². The van der Waals surface area contributed by atoms with Gasteiger partial charge in [0.15, 0.2) is 0 Å². The Bertz CT molecular complexity index is 1530. The molecule has 39 heavy (non-hydrogen) atoms. The second-order valence-corrected chi connectivity index (χ2v) is 11.4. The maximum Gasteiger partial charge on any atom is 0.318 e. The first-order valence-electron chi connectivity index (χ1n) is 14.0. The average Bonchev–Trinajstić information content (AvgIpc) is 3.55. The number of benzene rings is 2. The van der Waals surface area contributed by atoms with Crippen LogP contribution in [0.3, 0.4) is 0 Å². The van der Waals surface area contributed by atoms with E-state index >= 15 is 0 Å². The maximum atomic E-state index is 6.70. The van der Waals surface area contributed by atoms with E-state index in [4.69, 9.17) is 26.3 Å². The number of aryl methyl sites for hydroxylation is 1. The third kappa shape index (κ3) is 4.49. The number of rotatable bonds is 5. The van der Waals surface area contributed by atoms with Gasteiger partial charge in [0.1, 0.15) is 18.2 Å². The molecule has 1 saturated heterocycles. The van der Waals surface area contributed by atoms with Crippen LogP contribution >= 0.6 is 11.6 Å². The quantitative estimate of drug-likeness (QED) is 0.357. The number of ether oxygens (including phenoxy) is 1. The van der Waals surface area contributed by atoms with Gasteiger partial charge in [0.2, 0.25) is 0 Å². The number of aromatic nitrogens is 4. The summed E-state index contributed by atoms with van der Waals surface area (Å²) >= 11 is 6.70. The number of fused-ring (bicyclic) bond motifs is 3. The van der Waals surface area contributed by atoms with Gasteiger partial charge in [-0.05, 0) is 57.3 Å². The molecule has 4 aromatic rings. The van der Waals surface area contributed by atoms with E-state index in [9.17, 15) is 0 Å². The van der Waals surface area contributed by atoms with Crippen LogP contribution in [-0.4, -0.2) is 63.7 Å². The molecule has 5 heterocycles. The summed E-state index contributed by atoms with van der Waals surface area (Å²) in [6.07, 6.45) is 5.23. The van der Waals surface area contributed by atoms with Crippen molar-refractivity contribution in [2.45, 2.75) is 51.9 Å². The van der Waals surface area contributed by atoms with Crippen LogP contribution < -0.4 is 14.5 Å². The molecule has 202 valence electrons. The molecule has 7 rings (SSSR count). The maximum absolute atomic E-state index is 6.70. The monoisotopic (exact) mass is 543 g/mol. The van der Waals surface area contributed by atoms with E-state index in [1.165, 1.54) is 17.7 Å². The van der Waals surface area contributed by atoms with Crippen LogP contribution in [0.1, 0.15) is 35.6 Å². The molecule has 0 saturated carbocycles. The predicted molar refractivity (Wildman–Crippen MR) is 155 cm³/mol. The van der Waals surface area contributed by atoms with E-state index < -0.39 is 0 Å². The average molecular weight is 544 g/mol. The van der Waals surface area contributed by atoms with E-state index in [-0.39, 0.29) is 0 Å². The molecule has 9 heteroatoms. The highest BCUT2D eigenvalue weighted by atomic mass is 35.5. The Morgan fingerprint density at radius 1 is 1.00 bits per heavy atom.